The summed E-state index contributed by atoms with van der Waals surface area (Å²) in [7, 11) is 0. The zero-order valence-corrected chi connectivity index (χ0v) is 17.4. The highest BCUT2D eigenvalue weighted by Crippen LogP contribution is 2.25. The molecule has 1 aliphatic heterocycles. The van der Waals surface area contributed by atoms with Crippen molar-refractivity contribution in [2.45, 2.75) is 13.5 Å². The number of carbonyl (C=O) groups is 1. The van der Waals surface area contributed by atoms with Crippen molar-refractivity contribution in [3.8, 4) is 11.5 Å². The summed E-state index contributed by atoms with van der Waals surface area (Å²) in [6, 6.07) is 16.3. The number of ether oxygens (including phenoxy) is 2. The van der Waals surface area contributed by atoms with Gasteiger partial charge in [-0.3, -0.25) is 9.69 Å². The van der Waals surface area contributed by atoms with Gasteiger partial charge in [-0.25, -0.2) is 4.39 Å². The van der Waals surface area contributed by atoms with E-state index in [9.17, 15) is 9.18 Å². The largest absolute Gasteiger partial charge is 0.494 e. The number of carbonyl (C=O) groups excluding carboxylic acids is 1. The lowest BCUT2D eigenvalue weighted by molar-refractivity contribution is -0.113. The molecule has 0 bridgehead atoms. The number of nitrogens with one attached hydrogen (secondary N) is 1. The molecule has 3 aromatic rings. The smallest absolute Gasteiger partial charge is 0.281 e. The third kappa shape index (κ3) is 4.75. The first kappa shape index (κ1) is 20.6. The van der Waals surface area contributed by atoms with Crippen LogP contribution in [0.15, 0.2) is 70.8 Å². The van der Waals surface area contributed by atoms with Crippen molar-refractivity contribution in [1.82, 2.24) is 5.32 Å². The number of thiocarbonyl (C=S) groups is 1. The average molecular weight is 438 g/mol. The zero-order valence-electron chi connectivity index (χ0n) is 16.6. The predicted octanol–water partition coefficient (Wildman–Crippen LogP) is 4.66. The van der Waals surface area contributed by atoms with Gasteiger partial charge in [-0.1, -0.05) is 0 Å². The minimum absolute atomic E-state index is 0.174. The van der Waals surface area contributed by atoms with E-state index in [1.165, 1.54) is 17.0 Å². The number of benzene rings is 2. The molecule has 0 unspecified atom stereocenters. The fraction of sp³-hybridized carbons (Fsp3) is 0.130. The van der Waals surface area contributed by atoms with E-state index in [1.54, 1.807) is 54.6 Å². The first-order valence-corrected chi connectivity index (χ1v) is 10.0. The maximum Gasteiger partial charge on any atom is 0.281 e. The van der Waals surface area contributed by atoms with Gasteiger partial charge in [0.2, 0.25) is 0 Å². The normalized spacial score (nSPS) is 14.8. The van der Waals surface area contributed by atoms with E-state index in [2.05, 4.69) is 5.32 Å². The molecule has 0 spiro atoms. The van der Waals surface area contributed by atoms with Crippen molar-refractivity contribution in [3.05, 3.63) is 83.7 Å². The van der Waals surface area contributed by atoms with E-state index in [4.69, 9.17) is 26.1 Å². The number of furan rings is 1. The van der Waals surface area contributed by atoms with Crippen LogP contribution in [0.4, 0.5) is 10.1 Å². The van der Waals surface area contributed by atoms with Crippen molar-refractivity contribution in [2.75, 3.05) is 11.5 Å². The lowest BCUT2D eigenvalue weighted by atomic mass is 10.2. The van der Waals surface area contributed by atoms with Crippen LogP contribution in [0, 0.1) is 5.82 Å². The fourth-order valence-corrected chi connectivity index (χ4v) is 3.30. The lowest BCUT2D eigenvalue weighted by Gasteiger charge is -2.14. The minimum Gasteiger partial charge on any atom is -0.494 e. The molecular weight excluding hydrogens is 419 g/mol. The van der Waals surface area contributed by atoms with Crippen LogP contribution in [0.3, 0.4) is 0 Å². The van der Waals surface area contributed by atoms with Crippen molar-refractivity contribution in [2.24, 2.45) is 0 Å². The standard InChI is InChI=1S/C23H19FN2O4S/c1-2-28-17-9-5-16(6-10-17)26-22(27)21(25-23(26)31)13-19-11-12-20(30-19)14-29-18-7-3-15(24)4-8-18/h3-13H,2,14H2,1H3,(H,25,31)/b21-13+. The Labute approximate surface area is 183 Å². The Hall–Kier alpha value is -3.65. The molecule has 0 saturated carbocycles. The average Bonchev–Trinajstić information content (AvgIpc) is 3.32. The molecule has 31 heavy (non-hydrogen) atoms. The van der Waals surface area contributed by atoms with E-state index >= 15 is 0 Å². The highest BCUT2D eigenvalue weighted by molar-refractivity contribution is 7.80. The van der Waals surface area contributed by atoms with Gasteiger partial charge >= 0.3 is 0 Å². The summed E-state index contributed by atoms with van der Waals surface area (Å²) >= 11 is 5.33. The van der Waals surface area contributed by atoms with E-state index in [0.717, 1.165) is 5.75 Å². The first-order valence-electron chi connectivity index (χ1n) is 9.60. The number of halogens is 1. The monoisotopic (exact) mass is 438 g/mol. The molecule has 1 amide bonds. The molecule has 4 rings (SSSR count). The Morgan fingerprint density at radius 2 is 1.71 bits per heavy atom. The Balaban J connectivity index is 1.43. The number of anilines is 1. The summed E-state index contributed by atoms with van der Waals surface area (Å²) < 4.78 is 29.7. The second-order valence-corrected chi connectivity index (χ2v) is 6.99. The molecule has 1 fully saturated rings. The van der Waals surface area contributed by atoms with Crippen LogP contribution < -0.4 is 19.7 Å². The van der Waals surface area contributed by atoms with Gasteiger partial charge in [-0.2, -0.15) is 0 Å². The van der Waals surface area contributed by atoms with Gasteiger partial charge in [0, 0.05) is 6.08 Å². The van der Waals surface area contributed by atoms with Crippen LogP contribution in [0.1, 0.15) is 18.4 Å². The summed E-state index contributed by atoms with van der Waals surface area (Å²) in [6.45, 7) is 2.64. The van der Waals surface area contributed by atoms with E-state index in [0.29, 0.717) is 35.3 Å². The topological polar surface area (TPSA) is 63.9 Å². The van der Waals surface area contributed by atoms with Crippen LogP contribution in [0.2, 0.25) is 0 Å². The van der Waals surface area contributed by atoms with E-state index < -0.39 is 0 Å². The number of hydrogen-bond acceptors (Lipinski definition) is 5. The van der Waals surface area contributed by atoms with Crippen molar-refractivity contribution in [1.29, 1.82) is 0 Å². The highest BCUT2D eigenvalue weighted by Gasteiger charge is 2.32. The lowest BCUT2D eigenvalue weighted by Crippen LogP contribution is -2.30. The molecule has 0 radical (unpaired) electrons. The van der Waals surface area contributed by atoms with Gasteiger partial charge in [0.05, 0.1) is 12.3 Å². The molecule has 2 aromatic carbocycles. The van der Waals surface area contributed by atoms with Crippen molar-refractivity contribution >= 4 is 35.0 Å². The van der Waals surface area contributed by atoms with Crippen molar-refractivity contribution < 1.29 is 23.1 Å². The molecule has 2 heterocycles. The fourth-order valence-electron chi connectivity index (χ4n) is 3.00. The number of nitrogens with zero attached hydrogens (tertiary/aromatic N) is 1. The van der Waals surface area contributed by atoms with Crippen LogP contribution in [0.5, 0.6) is 11.5 Å². The molecule has 1 aromatic heterocycles. The molecule has 0 aliphatic carbocycles. The summed E-state index contributed by atoms with van der Waals surface area (Å²) in [4.78, 5) is 14.3. The predicted molar refractivity (Wildman–Crippen MR) is 118 cm³/mol. The van der Waals surface area contributed by atoms with E-state index in [1.807, 2.05) is 6.92 Å². The minimum atomic E-state index is -0.329. The highest BCUT2D eigenvalue weighted by atomic mass is 32.1. The van der Waals surface area contributed by atoms with Gasteiger partial charge in [-0.05, 0) is 79.8 Å². The summed E-state index contributed by atoms with van der Waals surface area (Å²) in [5.41, 5.74) is 0.946. The van der Waals surface area contributed by atoms with Crippen molar-refractivity contribution in [3.63, 3.8) is 0 Å². The summed E-state index contributed by atoms with van der Waals surface area (Å²) in [5.74, 6) is 1.68. The van der Waals surface area contributed by atoms with Crippen LogP contribution >= 0.6 is 12.2 Å². The Kier molecular flexibility index (Phi) is 5.99. The molecule has 0 atom stereocenters. The first-order chi connectivity index (χ1) is 15.0. The second kappa shape index (κ2) is 9.01. The number of rotatable bonds is 7. The molecule has 158 valence electrons. The quantitative estimate of drug-likeness (QED) is 0.428. The van der Waals surface area contributed by atoms with Crippen LogP contribution in [-0.4, -0.2) is 17.6 Å². The van der Waals surface area contributed by atoms with Crippen LogP contribution in [-0.2, 0) is 11.4 Å². The number of amides is 1. The van der Waals surface area contributed by atoms with E-state index in [-0.39, 0.29) is 23.4 Å². The molecule has 1 saturated heterocycles. The number of hydrogen-bond donors (Lipinski definition) is 1. The SMILES string of the molecule is CCOc1ccc(N2C(=O)/C(=C\c3ccc(COc4ccc(F)cc4)o3)NC2=S)cc1. The summed E-state index contributed by atoms with van der Waals surface area (Å²) in [5, 5.41) is 3.21. The Bertz CT molecular complexity index is 1120. The summed E-state index contributed by atoms with van der Waals surface area (Å²) in [6.07, 6.45) is 1.59. The molecule has 1 N–H and O–H groups in total. The third-order valence-corrected chi connectivity index (χ3v) is 4.73. The Morgan fingerprint density at radius 1 is 1.03 bits per heavy atom. The molecule has 8 heteroatoms. The third-order valence-electron chi connectivity index (χ3n) is 4.45. The van der Waals surface area contributed by atoms with Gasteiger partial charge in [-0.15, -0.1) is 0 Å². The molecule has 1 aliphatic rings. The second-order valence-electron chi connectivity index (χ2n) is 6.60. The van der Waals surface area contributed by atoms with Gasteiger partial charge in [0.25, 0.3) is 5.91 Å². The van der Waals surface area contributed by atoms with Gasteiger partial charge < -0.3 is 19.2 Å². The zero-order chi connectivity index (χ0) is 21.8. The maximum absolute atomic E-state index is 13.0. The van der Waals surface area contributed by atoms with Gasteiger partial charge in [0.1, 0.15) is 41.1 Å². The van der Waals surface area contributed by atoms with Gasteiger partial charge in [0.15, 0.2) is 5.11 Å². The maximum atomic E-state index is 13.0. The molecular formula is C23H19FN2O4S. The Morgan fingerprint density at radius 3 is 2.42 bits per heavy atom. The molecule has 6 nitrogen and oxygen atoms in total. The van der Waals surface area contributed by atoms with Crippen LogP contribution in [0.25, 0.3) is 6.08 Å².